The van der Waals surface area contributed by atoms with Gasteiger partial charge in [-0.2, -0.15) is 10.2 Å². The molecular formula is C34H30N8O6S2. The van der Waals surface area contributed by atoms with Crippen LogP contribution in [0.1, 0.15) is 11.1 Å². The first-order valence-electron chi connectivity index (χ1n) is 14.8. The Hall–Kier alpha value is -6.26. The second-order valence-corrected chi connectivity index (χ2v) is 14.0. The highest BCUT2D eigenvalue weighted by Gasteiger charge is 2.28. The average molecular weight is 711 g/mol. The van der Waals surface area contributed by atoms with E-state index in [1.54, 1.807) is 72.8 Å². The summed E-state index contributed by atoms with van der Waals surface area (Å²) in [7, 11) is -8.14. The molecule has 0 radical (unpaired) electrons. The van der Waals surface area contributed by atoms with Gasteiger partial charge in [0.2, 0.25) is 0 Å². The van der Waals surface area contributed by atoms with Crippen LogP contribution in [-0.2, 0) is 29.6 Å². The van der Waals surface area contributed by atoms with Crippen molar-refractivity contribution in [2.45, 2.75) is 9.79 Å². The molecule has 0 atom stereocenters. The fourth-order valence-corrected chi connectivity index (χ4v) is 7.29. The lowest BCUT2D eigenvalue weighted by atomic mass is 10.2. The number of pyridine rings is 2. The first-order chi connectivity index (χ1) is 24.1. The van der Waals surface area contributed by atoms with Crippen LogP contribution < -0.4 is 19.5 Å². The number of hydrogen-bond donors (Lipinski definition) is 2. The minimum absolute atomic E-state index is 0.0195. The molecule has 0 fully saturated rings. The minimum Gasteiger partial charge on any atom is -0.271 e. The Morgan fingerprint density at radius 3 is 1.28 bits per heavy atom. The fraction of sp³-hybridized carbons (Fsp3) is 0.0588. The quantitative estimate of drug-likeness (QED) is 0.130. The molecule has 0 saturated heterocycles. The molecule has 0 aliphatic rings. The maximum Gasteiger partial charge on any atom is 0.264 e. The van der Waals surface area contributed by atoms with Gasteiger partial charge in [0.25, 0.3) is 31.9 Å². The summed E-state index contributed by atoms with van der Waals surface area (Å²) in [6, 6.07) is 28.4. The zero-order valence-electron chi connectivity index (χ0n) is 26.2. The van der Waals surface area contributed by atoms with Gasteiger partial charge in [-0.3, -0.25) is 28.2 Å². The summed E-state index contributed by atoms with van der Waals surface area (Å²) in [5, 5.41) is 7.88. The van der Waals surface area contributed by atoms with Crippen LogP contribution in [0.5, 0.6) is 0 Å². The SMILES string of the molecule is O=C(CN(c1cccnc1)S(=O)(=O)c1ccccc1)N/N=C/c1ccc(/C=N/NC(=O)CN(c2cccnc2)S(=O)(=O)c2ccccc2)cc1. The Bertz CT molecular complexity index is 2010. The van der Waals surface area contributed by atoms with E-state index in [1.807, 2.05) is 0 Å². The standard InChI is InChI=1S/C34H30N8O6S2/c43-33(25-41(29-9-7-19-35-23-29)49(45,46)31-11-3-1-4-12-31)39-37-21-27-15-17-28(18-16-27)22-38-40-34(44)26-42(30-10-8-20-36-24-30)50(47,48)32-13-5-2-6-14-32/h1-24H,25-26H2,(H,39,43)(H,40,44)/b37-21+,38-22+. The zero-order chi connectivity index (χ0) is 35.4. The molecular weight excluding hydrogens is 681 g/mol. The number of amides is 2. The molecule has 0 spiro atoms. The molecule has 3 aromatic carbocycles. The third kappa shape index (κ3) is 9.00. The number of hydrazone groups is 2. The second kappa shape index (κ2) is 16.2. The lowest BCUT2D eigenvalue weighted by Crippen LogP contribution is -2.39. The monoisotopic (exact) mass is 710 g/mol. The summed E-state index contributed by atoms with van der Waals surface area (Å²) < 4.78 is 55.2. The van der Waals surface area contributed by atoms with Gasteiger partial charge in [-0.05, 0) is 59.7 Å². The molecule has 2 N–H and O–H groups in total. The topological polar surface area (TPSA) is 183 Å². The number of carbonyl (C=O) groups excluding carboxylic acids is 2. The van der Waals surface area contributed by atoms with Crippen molar-refractivity contribution >= 4 is 55.7 Å². The van der Waals surface area contributed by atoms with Crippen molar-refractivity contribution < 1.29 is 26.4 Å². The minimum atomic E-state index is -4.07. The van der Waals surface area contributed by atoms with E-state index < -0.39 is 45.0 Å². The summed E-state index contributed by atoms with van der Waals surface area (Å²) in [6.07, 6.45) is 8.44. The predicted molar refractivity (Wildman–Crippen MR) is 188 cm³/mol. The van der Waals surface area contributed by atoms with Gasteiger partial charge in [0.05, 0.1) is 46.0 Å². The molecule has 0 unspecified atom stereocenters. The molecule has 0 saturated carbocycles. The van der Waals surface area contributed by atoms with Crippen molar-refractivity contribution in [3.8, 4) is 0 Å². The third-order valence-corrected chi connectivity index (χ3v) is 10.4. The molecule has 0 bridgehead atoms. The molecule has 2 amide bonds. The van der Waals surface area contributed by atoms with Crippen molar-refractivity contribution in [3.05, 3.63) is 145 Å². The van der Waals surface area contributed by atoms with Crippen molar-refractivity contribution in [3.63, 3.8) is 0 Å². The summed E-state index contributed by atoms with van der Waals surface area (Å²) >= 11 is 0. The number of nitrogens with one attached hydrogen (secondary N) is 2. The smallest absolute Gasteiger partial charge is 0.264 e. The van der Waals surface area contributed by atoms with Crippen molar-refractivity contribution in [1.29, 1.82) is 0 Å². The van der Waals surface area contributed by atoms with Gasteiger partial charge in [0.15, 0.2) is 0 Å². The molecule has 0 aliphatic heterocycles. The molecule has 254 valence electrons. The van der Waals surface area contributed by atoms with E-state index in [0.717, 1.165) is 8.61 Å². The number of rotatable bonds is 14. The molecule has 5 rings (SSSR count). The molecule has 5 aromatic rings. The van der Waals surface area contributed by atoms with Crippen LogP contribution >= 0.6 is 0 Å². The first kappa shape index (κ1) is 35.1. The first-order valence-corrected chi connectivity index (χ1v) is 17.7. The number of nitrogens with zero attached hydrogens (tertiary/aromatic N) is 6. The Labute approximate surface area is 288 Å². The van der Waals surface area contributed by atoms with Gasteiger partial charge in [0.1, 0.15) is 13.1 Å². The molecule has 50 heavy (non-hydrogen) atoms. The van der Waals surface area contributed by atoms with Gasteiger partial charge in [-0.15, -0.1) is 0 Å². The molecule has 16 heteroatoms. The van der Waals surface area contributed by atoms with Crippen LogP contribution in [0.4, 0.5) is 11.4 Å². The zero-order valence-corrected chi connectivity index (χ0v) is 27.9. The summed E-state index contributed by atoms with van der Waals surface area (Å²) in [6.45, 7) is -1.08. The Morgan fingerprint density at radius 2 is 0.940 bits per heavy atom. The van der Waals surface area contributed by atoms with Crippen LogP contribution in [0.15, 0.2) is 154 Å². The number of benzene rings is 3. The maximum atomic E-state index is 13.3. The van der Waals surface area contributed by atoms with E-state index in [9.17, 15) is 26.4 Å². The van der Waals surface area contributed by atoms with Gasteiger partial charge < -0.3 is 0 Å². The fourth-order valence-electron chi connectivity index (χ4n) is 4.43. The summed E-state index contributed by atoms with van der Waals surface area (Å²) in [4.78, 5) is 33.5. The Morgan fingerprint density at radius 1 is 0.560 bits per heavy atom. The van der Waals surface area contributed by atoms with Gasteiger partial charge in [-0.1, -0.05) is 60.7 Å². The number of aromatic nitrogens is 2. The average Bonchev–Trinajstić information content (AvgIpc) is 3.15. The normalized spacial score (nSPS) is 11.7. The number of carbonyl (C=O) groups is 2. The largest absolute Gasteiger partial charge is 0.271 e. The van der Waals surface area contributed by atoms with E-state index in [4.69, 9.17) is 0 Å². The Kier molecular flexibility index (Phi) is 11.4. The highest BCUT2D eigenvalue weighted by Crippen LogP contribution is 2.23. The molecule has 14 nitrogen and oxygen atoms in total. The third-order valence-electron chi connectivity index (χ3n) is 6.85. The van der Waals surface area contributed by atoms with E-state index in [2.05, 4.69) is 31.0 Å². The van der Waals surface area contributed by atoms with Crippen LogP contribution in [0, 0.1) is 0 Å². The Balaban J connectivity index is 1.17. The molecule has 0 aliphatic carbocycles. The van der Waals surface area contributed by atoms with Crippen LogP contribution in [0.2, 0.25) is 0 Å². The van der Waals surface area contributed by atoms with Crippen molar-refractivity contribution in [2.24, 2.45) is 10.2 Å². The lowest BCUT2D eigenvalue weighted by molar-refractivity contribution is -0.120. The maximum absolute atomic E-state index is 13.3. The molecule has 2 aromatic heterocycles. The van der Waals surface area contributed by atoms with Crippen molar-refractivity contribution in [2.75, 3.05) is 21.7 Å². The highest BCUT2D eigenvalue weighted by molar-refractivity contribution is 7.93. The predicted octanol–water partition coefficient (Wildman–Crippen LogP) is 3.17. The summed E-state index contributed by atoms with van der Waals surface area (Å²) in [5.74, 6) is -1.36. The van der Waals surface area contributed by atoms with Gasteiger partial charge >= 0.3 is 0 Å². The van der Waals surface area contributed by atoms with E-state index >= 15 is 0 Å². The van der Waals surface area contributed by atoms with Gasteiger partial charge in [-0.25, -0.2) is 27.7 Å². The number of sulfonamides is 2. The van der Waals surface area contributed by atoms with Crippen molar-refractivity contribution in [1.82, 2.24) is 20.8 Å². The van der Waals surface area contributed by atoms with Crippen LogP contribution in [0.3, 0.4) is 0 Å². The highest BCUT2D eigenvalue weighted by atomic mass is 32.2. The number of hydrogen-bond acceptors (Lipinski definition) is 10. The van der Waals surface area contributed by atoms with Gasteiger partial charge in [0, 0.05) is 12.4 Å². The number of anilines is 2. The second-order valence-electron chi connectivity index (χ2n) is 10.3. The van der Waals surface area contributed by atoms with Crippen LogP contribution in [0.25, 0.3) is 0 Å². The van der Waals surface area contributed by atoms with E-state index in [-0.39, 0.29) is 21.2 Å². The molecule has 2 heterocycles. The van der Waals surface area contributed by atoms with Crippen LogP contribution in [-0.4, -0.2) is 64.1 Å². The summed E-state index contributed by atoms with van der Waals surface area (Å²) in [5.41, 5.74) is 6.32. The van der Waals surface area contributed by atoms with E-state index in [0.29, 0.717) is 11.1 Å². The van der Waals surface area contributed by atoms with E-state index in [1.165, 1.54) is 73.6 Å². The lowest BCUT2D eigenvalue weighted by Gasteiger charge is -2.23.